The monoisotopic (exact) mass is 416 g/mol. The number of aromatic carboxylic acids is 1. The summed E-state index contributed by atoms with van der Waals surface area (Å²) < 4.78 is 0.956. The van der Waals surface area contributed by atoms with Gasteiger partial charge in [-0.25, -0.2) is 9.59 Å². The smallest absolute Gasteiger partial charge is 0.335 e. The van der Waals surface area contributed by atoms with Gasteiger partial charge in [-0.3, -0.25) is 0 Å². The number of halogens is 2. The number of hydrogen-bond acceptors (Lipinski definition) is 2. The first-order valence-corrected chi connectivity index (χ1v) is 7.28. The number of anilines is 2. The van der Waals surface area contributed by atoms with Crippen molar-refractivity contribution in [1.82, 2.24) is 0 Å². The van der Waals surface area contributed by atoms with Gasteiger partial charge in [0.2, 0.25) is 0 Å². The molecular weight excluding hydrogens is 407 g/mol. The number of nitrogens with one attached hydrogen (secondary N) is 2. The molecule has 0 fully saturated rings. The molecule has 0 bridgehead atoms. The van der Waals surface area contributed by atoms with Crippen molar-refractivity contribution in [1.29, 1.82) is 0 Å². The molecule has 3 N–H and O–H groups in total. The van der Waals surface area contributed by atoms with Crippen molar-refractivity contribution in [3.63, 3.8) is 0 Å². The fourth-order valence-electron chi connectivity index (χ4n) is 1.61. The molecule has 7 heteroatoms. The topological polar surface area (TPSA) is 78.4 Å². The van der Waals surface area contributed by atoms with Gasteiger partial charge in [-0.2, -0.15) is 0 Å². The first-order chi connectivity index (χ1) is 9.95. The lowest BCUT2D eigenvalue weighted by Gasteiger charge is -2.09. The molecule has 0 atom stereocenters. The molecule has 0 aliphatic rings. The summed E-state index contributed by atoms with van der Waals surface area (Å²) >= 11 is 8.13. The van der Waals surface area contributed by atoms with E-state index in [1.165, 1.54) is 12.1 Å². The molecule has 2 aromatic carbocycles. The number of carboxylic acids is 1. The Balaban J connectivity index is 2.08. The normalized spacial score (nSPS) is 10.0. The van der Waals surface area contributed by atoms with Crippen molar-refractivity contribution in [2.45, 2.75) is 0 Å². The second-order valence-corrected chi connectivity index (χ2v) is 5.74. The molecule has 0 saturated carbocycles. The van der Waals surface area contributed by atoms with E-state index < -0.39 is 12.0 Å². The minimum absolute atomic E-state index is 0.0973. The van der Waals surface area contributed by atoms with Gasteiger partial charge in [-0.15, -0.1) is 0 Å². The number of urea groups is 1. The van der Waals surface area contributed by atoms with Gasteiger partial charge in [0.15, 0.2) is 0 Å². The van der Waals surface area contributed by atoms with Crippen LogP contribution in [0.15, 0.2) is 42.5 Å². The maximum Gasteiger partial charge on any atom is 0.335 e. The predicted octanol–water partition coefficient (Wildman–Crippen LogP) is 4.29. The summed E-state index contributed by atoms with van der Waals surface area (Å²) in [6.07, 6.45) is 0. The minimum Gasteiger partial charge on any atom is -0.478 e. The Morgan fingerprint density at radius 1 is 1.10 bits per heavy atom. The number of hydrogen-bond donors (Lipinski definition) is 3. The lowest BCUT2D eigenvalue weighted by Crippen LogP contribution is -2.19. The fourth-order valence-corrected chi connectivity index (χ4v) is 2.51. The van der Waals surface area contributed by atoms with Crippen LogP contribution in [0.1, 0.15) is 10.4 Å². The molecular formula is C14H10ClIN2O3. The Bertz CT molecular complexity index is 706. The van der Waals surface area contributed by atoms with Gasteiger partial charge in [0.1, 0.15) is 0 Å². The molecule has 0 unspecified atom stereocenters. The molecule has 21 heavy (non-hydrogen) atoms. The van der Waals surface area contributed by atoms with Crippen molar-refractivity contribution in [2.24, 2.45) is 0 Å². The number of carbonyl (C=O) groups is 2. The second kappa shape index (κ2) is 6.77. The van der Waals surface area contributed by atoms with Crippen LogP contribution in [0, 0.1) is 3.57 Å². The third kappa shape index (κ3) is 4.33. The van der Waals surface area contributed by atoms with Gasteiger partial charge in [0, 0.05) is 9.26 Å². The largest absolute Gasteiger partial charge is 0.478 e. The van der Waals surface area contributed by atoms with Crippen LogP contribution in [0.4, 0.5) is 16.2 Å². The van der Waals surface area contributed by atoms with Gasteiger partial charge in [0.05, 0.1) is 16.3 Å². The number of rotatable bonds is 3. The van der Waals surface area contributed by atoms with Gasteiger partial charge in [0.25, 0.3) is 0 Å². The third-order valence-corrected chi connectivity index (χ3v) is 3.53. The Labute approximate surface area is 139 Å². The molecule has 2 aromatic rings. The van der Waals surface area contributed by atoms with Crippen molar-refractivity contribution >= 4 is 57.6 Å². The first kappa shape index (κ1) is 15.6. The summed E-state index contributed by atoms with van der Waals surface area (Å²) in [5, 5.41) is 14.5. The van der Waals surface area contributed by atoms with Crippen molar-refractivity contribution < 1.29 is 14.7 Å². The highest BCUT2D eigenvalue weighted by molar-refractivity contribution is 14.1. The Morgan fingerprint density at radius 2 is 1.86 bits per heavy atom. The van der Waals surface area contributed by atoms with Gasteiger partial charge in [-0.05, 0) is 59.0 Å². The van der Waals surface area contributed by atoms with Gasteiger partial charge >= 0.3 is 12.0 Å². The van der Waals surface area contributed by atoms with E-state index >= 15 is 0 Å². The van der Waals surface area contributed by atoms with Crippen LogP contribution in [-0.4, -0.2) is 17.1 Å². The molecule has 0 aliphatic heterocycles. The van der Waals surface area contributed by atoms with E-state index in [0.717, 1.165) is 3.57 Å². The van der Waals surface area contributed by atoms with Crippen LogP contribution < -0.4 is 10.6 Å². The zero-order valence-corrected chi connectivity index (χ0v) is 13.5. The highest BCUT2D eigenvalue weighted by Gasteiger charge is 2.08. The highest BCUT2D eigenvalue weighted by atomic mass is 127. The maximum atomic E-state index is 11.9. The Morgan fingerprint density at radius 3 is 2.52 bits per heavy atom. The van der Waals surface area contributed by atoms with Gasteiger partial charge in [-0.1, -0.05) is 17.7 Å². The van der Waals surface area contributed by atoms with E-state index in [9.17, 15) is 9.59 Å². The zero-order valence-electron chi connectivity index (χ0n) is 10.6. The second-order valence-electron chi connectivity index (χ2n) is 4.09. The van der Waals surface area contributed by atoms with Crippen LogP contribution in [0.3, 0.4) is 0 Å². The lowest BCUT2D eigenvalue weighted by atomic mass is 10.2. The molecule has 0 heterocycles. The first-order valence-electron chi connectivity index (χ1n) is 5.82. The molecule has 0 radical (unpaired) electrons. The molecule has 5 nitrogen and oxygen atoms in total. The lowest BCUT2D eigenvalue weighted by molar-refractivity contribution is 0.0697. The van der Waals surface area contributed by atoms with Crippen LogP contribution in [-0.2, 0) is 0 Å². The maximum absolute atomic E-state index is 11.9. The highest BCUT2D eigenvalue weighted by Crippen LogP contribution is 2.24. The van der Waals surface area contributed by atoms with Crippen molar-refractivity contribution in [3.8, 4) is 0 Å². The summed E-state index contributed by atoms with van der Waals surface area (Å²) in [6, 6.07) is 10.7. The van der Waals surface area contributed by atoms with E-state index in [0.29, 0.717) is 16.4 Å². The summed E-state index contributed by atoms with van der Waals surface area (Å²) in [7, 11) is 0. The predicted molar refractivity (Wildman–Crippen MR) is 90.2 cm³/mol. The van der Waals surface area contributed by atoms with Crippen molar-refractivity contribution in [3.05, 3.63) is 56.6 Å². The fraction of sp³-hybridized carbons (Fsp3) is 0. The van der Waals surface area contributed by atoms with Crippen LogP contribution >= 0.6 is 34.2 Å². The molecule has 0 saturated heterocycles. The van der Waals surface area contributed by atoms with E-state index in [2.05, 4.69) is 33.2 Å². The SMILES string of the molecule is O=C(Nc1cccc(C(=O)O)c1)Nc1ccc(I)cc1Cl. The summed E-state index contributed by atoms with van der Waals surface area (Å²) in [5.74, 6) is -1.06. The van der Waals surface area contributed by atoms with Gasteiger partial charge < -0.3 is 15.7 Å². The minimum atomic E-state index is -1.06. The molecule has 0 spiro atoms. The van der Waals surface area contributed by atoms with E-state index in [1.54, 1.807) is 24.3 Å². The average Bonchev–Trinajstić information content (AvgIpc) is 2.42. The number of carboxylic acid groups (broad SMARTS) is 1. The summed E-state index contributed by atoms with van der Waals surface area (Å²) in [6.45, 7) is 0. The van der Waals surface area contributed by atoms with E-state index in [-0.39, 0.29) is 5.56 Å². The molecule has 2 amide bonds. The number of amides is 2. The average molecular weight is 417 g/mol. The summed E-state index contributed by atoms with van der Waals surface area (Å²) in [4.78, 5) is 22.7. The Kier molecular flexibility index (Phi) is 5.03. The number of carbonyl (C=O) groups excluding carboxylic acids is 1. The molecule has 108 valence electrons. The van der Waals surface area contributed by atoms with E-state index in [4.69, 9.17) is 16.7 Å². The Hall–Kier alpha value is -1.80. The quantitative estimate of drug-likeness (QED) is 0.653. The molecule has 0 aliphatic carbocycles. The zero-order chi connectivity index (χ0) is 15.4. The van der Waals surface area contributed by atoms with Crippen LogP contribution in [0.2, 0.25) is 5.02 Å². The number of benzene rings is 2. The van der Waals surface area contributed by atoms with Crippen LogP contribution in [0.5, 0.6) is 0 Å². The third-order valence-electron chi connectivity index (χ3n) is 2.55. The van der Waals surface area contributed by atoms with E-state index in [1.807, 2.05) is 6.07 Å². The standard InChI is InChI=1S/C14H10ClIN2O3/c15-11-7-9(16)4-5-12(11)18-14(21)17-10-3-1-2-8(6-10)13(19)20/h1-7H,(H,19,20)(H2,17,18,21). The molecule has 2 rings (SSSR count). The van der Waals surface area contributed by atoms with Crippen molar-refractivity contribution in [2.75, 3.05) is 10.6 Å². The van der Waals surface area contributed by atoms with Crippen LogP contribution in [0.25, 0.3) is 0 Å². The molecule has 0 aromatic heterocycles. The summed E-state index contributed by atoms with van der Waals surface area (Å²) in [5.41, 5.74) is 0.957.